The maximum absolute atomic E-state index is 11.8. The van der Waals surface area contributed by atoms with Crippen molar-refractivity contribution in [3.05, 3.63) is 0 Å². The molecule has 6 nitrogen and oxygen atoms in total. The molecular formula is C13H28N2O4Si. The van der Waals surface area contributed by atoms with Gasteiger partial charge in [-0.25, -0.2) is 4.79 Å². The van der Waals surface area contributed by atoms with Crippen molar-refractivity contribution < 1.29 is 18.1 Å². The molecule has 1 fully saturated rings. The normalized spacial score (nSPS) is 16.3. The Morgan fingerprint density at radius 3 is 2.00 bits per heavy atom. The van der Waals surface area contributed by atoms with Gasteiger partial charge in [-0.15, -0.1) is 0 Å². The quantitative estimate of drug-likeness (QED) is 0.577. The van der Waals surface area contributed by atoms with Crippen LogP contribution in [0.1, 0.15) is 27.2 Å². The number of carbonyl (C=O) groups excluding carboxylic acids is 1. The van der Waals surface area contributed by atoms with E-state index in [1.807, 2.05) is 32.7 Å². The van der Waals surface area contributed by atoms with E-state index in [9.17, 15) is 4.79 Å². The highest BCUT2D eigenvalue weighted by atomic mass is 28.4. The largest absolute Gasteiger partial charge is 0.500 e. The molecule has 0 aromatic rings. The van der Waals surface area contributed by atoms with Crippen LogP contribution in [0.25, 0.3) is 0 Å². The minimum absolute atomic E-state index is 0.112. The van der Waals surface area contributed by atoms with Crippen LogP contribution in [-0.2, 0) is 13.3 Å². The highest BCUT2D eigenvalue weighted by molar-refractivity contribution is 6.60. The van der Waals surface area contributed by atoms with Gasteiger partial charge in [-0.1, -0.05) is 0 Å². The SMILES string of the molecule is CCO[Si](CCCN1CCN(C)C1=O)(OCC)OCC. The summed E-state index contributed by atoms with van der Waals surface area (Å²) in [6, 6.07) is 0.872. The first-order valence-corrected chi connectivity index (χ1v) is 9.43. The molecular weight excluding hydrogens is 276 g/mol. The van der Waals surface area contributed by atoms with Gasteiger partial charge >= 0.3 is 14.8 Å². The standard InChI is InChI=1S/C13H28N2O4Si/c1-5-17-20(18-6-2,19-7-3)12-8-9-15-11-10-14(4)13(15)16/h5-12H2,1-4H3. The first-order valence-electron chi connectivity index (χ1n) is 7.50. The summed E-state index contributed by atoms with van der Waals surface area (Å²) in [4.78, 5) is 15.4. The molecule has 1 heterocycles. The first kappa shape index (κ1) is 17.4. The fraction of sp³-hybridized carbons (Fsp3) is 0.923. The van der Waals surface area contributed by atoms with E-state index in [0.29, 0.717) is 19.8 Å². The van der Waals surface area contributed by atoms with Crippen molar-refractivity contribution in [1.29, 1.82) is 0 Å². The molecule has 1 saturated heterocycles. The van der Waals surface area contributed by atoms with Gasteiger partial charge in [-0.3, -0.25) is 0 Å². The summed E-state index contributed by atoms with van der Waals surface area (Å²) in [5.41, 5.74) is 0. The zero-order valence-corrected chi connectivity index (χ0v) is 14.2. The monoisotopic (exact) mass is 304 g/mol. The third-order valence-corrected chi connectivity index (χ3v) is 6.46. The summed E-state index contributed by atoms with van der Waals surface area (Å²) in [6.45, 7) is 10.0. The topological polar surface area (TPSA) is 51.2 Å². The Morgan fingerprint density at radius 2 is 1.60 bits per heavy atom. The zero-order chi connectivity index (χ0) is 15.0. The van der Waals surface area contributed by atoms with Gasteiger partial charge in [0.15, 0.2) is 0 Å². The molecule has 118 valence electrons. The van der Waals surface area contributed by atoms with Gasteiger partial charge < -0.3 is 23.1 Å². The van der Waals surface area contributed by atoms with E-state index in [1.54, 1.807) is 4.90 Å². The molecule has 0 N–H and O–H groups in total. The van der Waals surface area contributed by atoms with Crippen LogP contribution in [0.2, 0.25) is 6.04 Å². The Bertz CT molecular complexity index is 287. The summed E-state index contributed by atoms with van der Waals surface area (Å²) >= 11 is 0. The van der Waals surface area contributed by atoms with Crippen molar-refractivity contribution in [1.82, 2.24) is 9.80 Å². The molecule has 1 aliphatic rings. The number of likely N-dealkylation sites (N-methyl/N-ethyl adjacent to an activating group) is 1. The average molecular weight is 304 g/mol. The predicted molar refractivity (Wildman–Crippen MR) is 79.7 cm³/mol. The zero-order valence-electron chi connectivity index (χ0n) is 13.2. The van der Waals surface area contributed by atoms with Crippen molar-refractivity contribution >= 4 is 14.8 Å². The van der Waals surface area contributed by atoms with E-state index in [2.05, 4.69) is 0 Å². The van der Waals surface area contributed by atoms with Crippen LogP contribution in [0.4, 0.5) is 4.79 Å². The number of urea groups is 1. The molecule has 1 rings (SSSR count). The second-order valence-electron chi connectivity index (χ2n) is 4.78. The fourth-order valence-electron chi connectivity index (χ4n) is 2.40. The van der Waals surface area contributed by atoms with E-state index >= 15 is 0 Å². The lowest BCUT2D eigenvalue weighted by atomic mass is 10.4. The van der Waals surface area contributed by atoms with Crippen LogP contribution in [0.5, 0.6) is 0 Å². The van der Waals surface area contributed by atoms with Gasteiger partial charge in [0.2, 0.25) is 0 Å². The molecule has 0 atom stereocenters. The van der Waals surface area contributed by atoms with Crippen LogP contribution < -0.4 is 0 Å². The molecule has 0 unspecified atom stereocenters. The van der Waals surface area contributed by atoms with E-state index in [0.717, 1.165) is 32.1 Å². The fourth-order valence-corrected chi connectivity index (χ4v) is 4.99. The van der Waals surface area contributed by atoms with Crippen molar-refractivity contribution in [2.24, 2.45) is 0 Å². The van der Waals surface area contributed by atoms with Crippen LogP contribution in [0, 0.1) is 0 Å². The summed E-state index contributed by atoms with van der Waals surface area (Å²) in [5.74, 6) is 0. The Balaban J connectivity index is 2.46. The molecule has 7 heteroatoms. The minimum atomic E-state index is -2.56. The summed E-state index contributed by atoms with van der Waals surface area (Å²) in [6.07, 6.45) is 0.853. The molecule has 0 aliphatic carbocycles. The smallest absolute Gasteiger partial charge is 0.374 e. The first-order chi connectivity index (χ1) is 9.58. The number of amides is 2. The van der Waals surface area contributed by atoms with Crippen molar-refractivity contribution in [2.45, 2.75) is 33.2 Å². The van der Waals surface area contributed by atoms with Crippen molar-refractivity contribution in [3.8, 4) is 0 Å². The van der Waals surface area contributed by atoms with Crippen molar-refractivity contribution in [3.63, 3.8) is 0 Å². The lowest BCUT2D eigenvalue weighted by molar-refractivity contribution is 0.0702. The molecule has 0 saturated carbocycles. The number of hydrogen-bond donors (Lipinski definition) is 0. The van der Waals surface area contributed by atoms with Gasteiger partial charge in [0.05, 0.1) is 0 Å². The summed E-state index contributed by atoms with van der Waals surface area (Å²) in [7, 11) is -0.723. The molecule has 0 spiro atoms. The second kappa shape index (κ2) is 8.61. The van der Waals surface area contributed by atoms with Crippen LogP contribution >= 0.6 is 0 Å². The molecule has 0 aromatic carbocycles. The van der Waals surface area contributed by atoms with Crippen LogP contribution in [-0.4, -0.2) is 71.1 Å². The number of nitrogens with zero attached hydrogens (tertiary/aromatic N) is 2. The third-order valence-electron chi connectivity index (χ3n) is 3.31. The number of rotatable bonds is 10. The molecule has 0 bridgehead atoms. The van der Waals surface area contributed by atoms with E-state index in [-0.39, 0.29) is 6.03 Å². The Hall–Kier alpha value is -0.633. The summed E-state index contributed by atoms with van der Waals surface area (Å²) in [5, 5.41) is 0. The van der Waals surface area contributed by atoms with Gasteiger partial charge in [0.1, 0.15) is 0 Å². The van der Waals surface area contributed by atoms with Crippen LogP contribution in [0.3, 0.4) is 0 Å². The lowest BCUT2D eigenvalue weighted by Crippen LogP contribution is -2.46. The van der Waals surface area contributed by atoms with E-state index in [1.165, 1.54) is 0 Å². The maximum Gasteiger partial charge on any atom is 0.500 e. The van der Waals surface area contributed by atoms with E-state index < -0.39 is 8.80 Å². The Labute approximate surface area is 123 Å². The number of carbonyl (C=O) groups is 1. The third kappa shape index (κ3) is 4.73. The molecule has 0 aromatic heterocycles. The van der Waals surface area contributed by atoms with E-state index in [4.69, 9.17) is 13.3 Å². The highest BCUT2D eigenvalue weighted by Crippen LogP contribution is 2.19. The predicted octanol–water partition coefficient (Wildman–Crippen LogP) is 1.79. The highest BCUT2D eigenvalue weighted by Gasteiger charge is 2.40. The maximum atomic E-state index is 11.8. The van der Waals surface area contributed by atoms with Crippen molar-refractivity contribution in [2.75, 3.05) is 46.5 Å². The molecule has 1 aliphatic heterocycles. The molecule has 20 heavy (non-hydrogen) atoms. The van der Waals surface area contributed by atoms with Gasteiger partial charge in [-0.2, -0.15) is 0 Å². The second-order valence-corrected chi connectivity index (χ2v) is 7.51. The van der Waals surface area contributed by atoms with Gasteiger partial charge in [0, 0.05) is 52.5 Å². The Kier molecular flexibility index (Phi) is 7.50. The van der Waals surface area contributed by atoms with Gasteiger partial charge in [-0.05, 0) is 27.2 Å². The Morgan fingerprint density at radius 1 is 1.05 bits per heavy atom. The molecule has 0 radical (unpaired) electrons. The average Bonchev–Trinajstić information content (AvgIpc) is 2.72. The lowest BCUT2D eigenvalue weighted by Gasteiger charge is -2.29. The molecule has 2 amide bonds. The van der Waals surface area contributed by atoms with Gasteiger partial charge in [0.25, 0.3) is 0 Å². The summed E-state index contributed by atoms with van der Waals surface area (Å²) < 4.78 is 17.4. The van der Waals surface area contributed by atoms with Crippen LogP contribution in [0.15, 0.2) is 0 Å². The number of hydrogen-bond acceptors (Lipinski definition) is 4. The minimum Gasteiger partial charge on any atom is -0.374 e.